The summed E-state index contributed by atoms with van der Waals surface area (Å²) in [4.78, 5) is 10.8. The van der Waals surface area contributed by atoms with Crippen LogP contribution >= 0.6 is 23.2 Å². The second kappa shape index (κ2) is 6.81. The highest BCUT2D eigenvalue weighted by Gasteiger charge is 2.21. The summed E-state index contributed by atoms with van der Waals surface area (Å²) in [5, 5.41) is 4.28. The number of aromatic nitrogens is 2. The largest absolute Gasteiger partial charge is 0.393 e. The van der Waals surface area contributed by atoms with E-state index in [1.54, 1.807) is 18.2 Å². The Morgan fingerprint density at radius 1 is 1.22 bits per heavy atom. The van der Waals surface area contributed by atoms with Crippen molar-refractivity contribution in [1.29, 1.82) is 0 Å². The van der Waals surface area contributed by atoms with Gasteiger partial charge in [0.15, 0.2) is 11.6 Å². The number of hydrogen-bond acceptors (Lipinski definition) is 5. The molecule has 0 spiro atoms. The number of anilines is 4. The normalized spacial score (nSPS) is 18.0. The summed E-state index contributed by atoms with van der Waals surface area (Å²) in [6.45, 7) is 4.17. The molecule has 0 radical (unpaired) electrons. The van der Waals surface area contributed by atoms with Crippen LogP contribution in [-0.4, -0.2) is 23.1 Å². The summed E-state index contributed by atoms with van der Waals surface area (Å²) in [5.74, 6) is 1.98. The topological polar surface area (TPSA) is 67.1 Å². The lowest BCUT2D eigenvalue weighted by Gasteiger charge is -2.32. The molecule has 1 aromatic carbocycles. The van der Waals surface area contributed by atoms with Crippen molar-refractivity contribution in [1.82, 2.24) is 9.97 Å². The molecular weight excluding hydrogens is 333 g/mol. The van der Waals surface area contributed by atoms with E-state index >= 15 is 0 Å². The van der Waals surface area contributed by atoms with Gasteiger partial charge in [-0.25, -0.2) is 9.97 Å². The average Bonchev–Trinajstić information content (AvgIpc) is 2.48. The Kier molecular flexibility index (Phi) is 4.78. The minimum Gasteiger partial charge on any atom is -0.393 e. The molecule has 1 aromatic heterocycles. The van der Waals surface area contributed by atoms with Crippen LogP contribution in [0.2, 0.25) is 10.0 Å². The number of rotatable bonds is 3. The molecule has 1 unspecified atom stereocenters. The zero-order valence-electron chi connectivity index (χ0n) is 12.9. The Morgan fingerprint density at radius 3 is 2.65 bits per heavy atom. The highest BCUT2D eigenvalue weighted by Crippen LogP contribution is 2.32. The van der Waals surface area contributed by atoms with Crippen molar-refractivity contribution in [2.45, 2.75) is 19.8 Å². The maximum atomic E-state index is 6.29. The van der Waals surface area contributed by atoms with Crippen LogP contribution in [0.15, 0.2) is 24.5 Å². The van der Waals surface area contributed by atoms with Crippen molar-refractivity contribution in [3.05, 3.63) is 34.6 Å². The van der Waals surface area contributed by atoms with Gasteiger partial charge in [0.25, 0.3) is 0 Å². The minimum atomic E-state index is 0.540. The SMILES string of the molecule is CC1CCCN(c2ncnc(Nc3cc(Cl)cc(Cl)c3)c2N)C1. The maximum absolute atomic E-state index is 6.29. The van der Waals surface area contributed by atoms with Gasteiger partial charge >= 0.3 is 0 Å². The molecule has 5 nitrogen and oxygen atoms in total. The van der Waals surface area contributed by atoms with E-state index in [-0.39, 0.29) is 0 Å². The van der Waals surface area contributed by atoms with Crippen molar-refractivity contribution in [3.63, 3.8) is 0 Å². The average molecular weight is 352 g/mol. The highest BCUT2D eigenvalue weighted by molar-refractivity contribution is 6.35. The Balaban J connectivity index is 1.87. The van der Waals surface area contributed by atoms with Gasteiger partial charge in [0.1, 0.15) is 12.0 Å². The first-order chi connectivity index (χ1) is 11.0. The molecule has 0 aliphatic carbocycles. The van der Waals surface area contributed by atoms with E-state index in [9.17, 15) is 0 Å². The van der Waals surface area contributed by atoms with E-state index in [0.29, 0.717) is 27.5 Å². The Hall–Kier alpha value is -1.72. The van der Waals surface area contributed by atoms with Gasteiger partial charge in [-0.05, 0) is 37.0 Å². The number of nitrogens with one attached hydrogen (secondary N) is 1. The molecule has 1 fully saturated rings. The fourth-order valence-corrected chi connectivity index (χ4v) is 3.41. The standard InChI is InChI=1S/C16H19Cl2N5/c1-10-3-2-4-23(8-10)16-14(19)15(20-9-21-16)22-13-6-11(17)5-12(18)7-13/h5-7,9-10H,2-4,8,19H2,1H3,(H,20,21,22). The molecule has 2 heterocycles. The molecule has 1 aliphatic rings. The fourth-order valence-electron chi connectivity index (χ4n) is 2.88. The summed E-state index contributed by atoms with van der Waals surface area (Å²) in [6.07, 6.45) is 3.92. The quantitative estimate of drug-likeness (QED) is 0.860. The zero-order chi connectivity index (χ0) is 16.4. The number of piperidine rings is 1. The van der Waals surface area contributed by atoms with E-state index < -0.39 is 0 Å². The predicted molar refractivity (Wildman–Crippen MR) is 96.8 cm³/mol. The van der Waals surface area contributed by atoms with E-state index in [1.165, 1.54) is 12.7 Å². The third kappa shape index (κ3) is 3.79. The molecular formula is C16H19Cl2N5. The lowest BCUT2D eigenvalue weighted by atomic mass is 10.0. The first kappa shape index (κ1) is 16.1. The van der Waals surface area contributed by atoms with Crippen molar-refractivity contribution < 1.29 is 0 Å². The van der Waals surface area contributed by atoms with Gasteiger partial charge < -0.3 is 16.0 Å². The molecule has 2 aromatic rings. The summed E-state index contributed by atoms with van der Waals surface area (Å²) in [6, 6.07) is 5.23. The van der Waals surface area contributed by atoms with Crippen LogP contribution in [0.3, 0.4) is 0 Å². The molecule has 7 heteroatoms. The van der Waals surface area contributed by atoms with Crippen molar-refractivity contribution in [2.75, 3.05) is 29.0 Å². The van der Waals surface area contributed by atoms with E-state index in [2.05, 4.69) is 27.1 Å². The number of benzene rings is 1. The maximum Gasteiger partial charge on any atom is 0.159 e. The monoisotopic (exact) mass is 351 g/mol. The molecule has 122 valence electrons. The van der Waals surface area contributed by atoms with Crippen LogP contribution in [0.5, 0.6) is 0 Å². The van der Waals surface area contributed by atoms with Crippen LogP contribution in [0, 0.1) is 5.92 Å². The van der Waals surface area contributed by atoms with Crippen molar-refractivity contribution in [3.8, 4) is 0 Å². The summed E-state index contributed by atoms with van der Waals surface area (Å²) in [7, 11) is 0. The number of hydrogen-bond donors (Lipinski definition) is 2. The lowest BCUT2D eigenvalue weighted by molar-refractivity contribution is 0.445. The molecule has 0 saturated carbocycles. The van der Waals surface area contributed by atoms with Crippen molar-refractivity contribution >= 4 is 46.2 Å². The van der Waals surface area contributed by atoms with Crippen LogP contribution in [0.4, 0.5) is 23.0 Å². The molecule has 0 bridgehead atoms. The van der Waals surface area contributed by atoms with Gasteiger partial charge in [-0.2, -0.15) is 0 Å². The third-order valence-electron chi connectivity index (χ3n) is 3.94. The van der Waals surface area contributed by atoms with Gasteiger partial charge in [0.05, 0.1) is 0 Å². The van der Waals surface area contributed by atoms with Crippen LogP contribution in [0.1, 0.15) is 19.8 Å². The molecule has 3 rings (SSSR count). The van der Waals surface area contributed by atoms with Gasteiger partial charge in [-0.3, -0.25) is 0 Å². The lowest BCUT2D eigenvalue weighted by Crippen LogP contribution is -2.35. The van der Waals surface area contributed by atoms with Crippen molar-refractivity contribution in [2.24, 2.45) is 5.92 Å². The number of nitrogen functional groups attached to an aromatic ring is 1. The van der Waals surface area contributed by atoms with Crippen LogP contribution < -0.4 is 16.0 Å². The molecule has 1 aliphatic heterocycles. The first-order valence-corrected chi connectivity index (χ1v) is 8.37. The van der Waals surface area contributed by atoms with E-state index in [0.717, 1.165) is 31.0 Å². The smallest absolute Gasteiger partial charge is 0.159 e. The number of nitrogens with zero attached hydrogens (tertiary/aromatic N) is 3. The first-order valence-electron chi connectivity index (χ1n) is 7.61. The van der Waals surface area contributed by atoms with Gasteiger partial charge in [0, 0.05) is 28.8 Å². The molecule has 0 amide bonds. The second-order valence-corrected chi connectivity index (χ2v) is 6.81. The molecule has 1 saturated heterocycles. The Labute approximate surface area is 145 Å². The summed E-state index contributed by atoms with van der Waals surface area (Å²) in [5.41, 5.74) is 7.57. The predicted octanol–water partition coefficient (Wildman–Crippen LogP) is 4.35. The van der Waals surface area contributed by atoms with E-state index in [4.69, 9.17) is 28.9 Å². The second-order valence-electron chi connectivity index (χ2n) is 5.94. The molecule has 23 heavy (non-hydrogen) atoms. The molecule has 1 atom stereocenters. The minimum absolute atomic E-state index is 0.540. The van der Waals surface area contributed by atoms with Gasteiger partial charge in [0.2, 0.25) is 0 Å². The third-order valence-corrected chi connectivity index (χ3v) is 4.38. The molecule has 3 N–H and O–H groups in total. The van der Waals surface area contributed by atoms with Crippen LogP contribution in [0.25, 0.3) is 0 Å². The van der Waals surface area contributed by atoms with Gasteiger partial charge in [-0.15, -0.1) is 0 Å². The van der Waals surface area contributed by atoms with Gasteiger partial charge in [-0.1, -0.05) is 30.1 Å². The highest BCUT2D eigenvalue weighted by atomic mass is 35.5. The fraction of sp³-hybridized carbons (Fsp3) is 0.375. The number of nitrogens with two attached hydrogens (primary N) is 1. The Morgan fingerprint density at radius 2 is 1.96 bits per heavy atom. The number of halogens is 2. The zero-order valence-corrected chi connectivity index (χ0v) is 14.4. The summed E-state index contributed by atoms with van der Waals surface area (Å²) < 4.78 is 0. The summed E-state index contributed by atoms with van der Waals surface area (Å²) >= 11 is 12.1. The Bertz CT molecular complexity index is 687. The van der Waals surface area contributed by atoms with Crippen LogP contribution in [-0.2, 0) is 0 Å². The van der Waals surface area contributed by atoms with E-state index in [1.807, 2.05) is 0 Å².